The predicted octanol–water partition coefficient (Wildman–Crippen LogP) is 2.73. The lowest BCUT2D eigenvalue weighted by atomic mass is 9.92. The number of carboxylic acid groups (broad SMARTS) is 1. The van der Waals surface area contributed by atoms with Crippen LogP contribution in [0.4, 0.5) is 0 Å². The zero-order valence-corrected chi connectivity index (χ0v) is 14.0. The van der Waals surface area contributed by atoms with E-state index in [0.717, 1.165) is 18.6 Å². The fourth-order valence-electron chi connectivity index (χ4n) is 2.80. The highest BCUT2D eigenvalue weighted by atomic mass is 16.5. The van der Waals surface area contributed by atoms with Crippen LogP contribution in [0.15, 0.2) is 24.3 Å². The van der Waals surface area contributed by atoms with E-state index in [1.165, 1.54) is 10.5 Å². The second-order valence-corrected chi connectivity index (χ2v) is 6.66. The van der Waals surface area contributed by atoms with E-state index in [-0.39, 0.29) is 12.5 Å². The van der Waals surface area contributed by atoms with Crippen LogP contribution < -0.4 is 4.74 Å². The number of likely N-dealkylation sites (tertiary alicyclic amines) is 1. The van der Waals surface area contributed by atoms with Gasteiger partial charge in [0.1, 0.15) is 18.4 Å². The van der Waals surface area contributed by atoms with E-state index in [1.807, 2.05) is 24.3 Å². The summed E-state index contributed by atoms with van der Waals surface area (Å²) in [6.07, 6.45) is 2.23. The van der Waals surface area contributed by atoms with Crippen molar-refractivity contribution in [3.8, 4) is 5.75 Å². The average Bonchev–Trinajstić information content (AvgIpc) is 3.02. The molecule has 1 amide bonds. The zero-order valence-electron chi connectivity index (χ0n) is 14.0. The largest absolute Gasteiger partial charge is 0.492 e. The molecular formula is C18H25NO4. The third kappa shape index (κ3) is 4.03. The molecule has 1 fully saturated rings. The van der Waals surface area contributed by atoms with Crippen LogP contribution in [0.2, 0.25) is 0 Å². The highest BCUT2D eigenvalue weighted by molar-refractivity contribution is 5.87. The Balaban J connectivity index is 1.99. The maximum atomic E-state index is 12.7. The summed E-state index contributed by atoms with van der Waals surface area (Å²) in [4.78, 5) is 25.4. The number of carbonyl (C=O) groups excluding carboxylic acids is 1. The molecule has 2 rings (SSSR count). The van der Waals surface area contributed by atoms with Gasteiger partial charge >= 0.3 is 5.97 Å². The number of amides is 1. The van der Waals surface area contributed by atoms with Crippen LogP contribution in [-0.2, 0) is 16.0 Å². The lowest BCUT2D eigenvalue weighted by Crippen LogP contribution is -2.48. The monoisotopic (exact) mass is 319 g/mol. The SMILES string of the molecule is CCc1ccc(OCC(C)(C)C(=O)N2CCCC2C(=O)O)cc1. The third-order valence-corrected chi connectivity index (χ3v) is 4.31. The molecule has 1 N–H and O–H groups in total. The molecule has 1 aromatic rings. The quantitative estimate of drug-likeness (QED) is 0.875. The van der Waals surface area contributed by atoms with E-state index >= 15 is 0 Å². The molecule has 1 unspecified atom stereocenters. The highest BCUT2D eigenvalue weighted by Gasteiger charge is 2.41. The molecule has 23 heavy (non-hydrogen) atoms. The standard InChI is InChI=1S/C18H25NO4/c1-4-13-7-9-14(10-8-13)23-12-18(2,3)17(22)19-11-5-6-15(19)16(20)21/h7-10,15H,4-6,11-12H2,1-3H3,(H,20,21). The molecule has 0 bridgehead atoms. The lowest BCUT2D eigenvalue weighted by molar-refractivity contribution is -0.153. The molecule has 1 saturated heterocycles. The molecule has 1 heterocycles. The van der Waals surface area contributed by atoms with Crippen molar-refractivity contribution in [3.63, 3.8) is 0 Å². The van der Waals surface area contributed by atoms with Crippen molar-refractivity contribution in [1.82, 2.24) is 4.90 Å². The van der Waals surface area contributed by atoms with Crippen LogP contribution in [0.3, 0.4) is 0 Å². The minimum Gasteiger partial charge on any atom is -0.492 e. The minimum atomic E-state index is -0.928. The van der Waals surface area contributed by atoms with Crippen molar-refractivity contribution in [2.75, 3.05) is 13.2 Å². The van der Waals surface area contributed by atoms with Gasteiger partial charge < -0.3 is 14.7 Å². The van der Waals surface area contributed by atoms with Gasteiger partial charge in [-0.2, -0.15) is 0 Å². The second kappa shape index (κ2) is 7.02. The van der Waals surface area contributed by atoms with Gasteiger partial charge in [0, 0.05) is 6.54 Å². The molecule has 1 atom stereocenters. The number of benzene rings is 1. The number of carbonyl (C=O) groups is 2. The Morgan fingerprint density at radius 1 is 1.30 bits per heavy atom. The van der Waals surface area contributed by atoms with Gasteiger partial charge in [0.2, 0.25) is 5.91 Å². The van der Waals surface area contributed by atoms with Gasteiger partial charge in [0.05, 0.1) is 5.41 Å². The van der Waals surface area contributed by atoms with Gasteiger partial charge in [-0.25, -0.2) is 4.79 Å². The number of hydrogen-bond acceptors (Lipinski definition) is 3. The first-order chi connectivity index (χ1) is 10.8. The fourth-order valence-corrected chi connectivity index (χ4v) is 2.80. The Morgan fingerprint density at radius 2 is 1.96 bits per heavy atom. The van der Waals surface area contributed by atoms with Crippen LogP contribution >= 0.6 is 0 Å². The van der Waals surface area contributed by atoms with Crippen molar-refractivity contribution < 1.29 is 19.4 Å². The van der Waals surface area contributed by atoms with Gasteiger partial charge in [-0.3, -0.25) is 4.79 Å². The number of hydrogen-bond donors (Lipinski definition) is 1. The highest BCUT2D eigenvalue weighted by Crippen LogP contribution is 2.27. The normalized spacial score (nSPS) is 18.0. The molecular weight excluding hydrogens is 294 g/mol. The average molecular weight is 319 g/mol. The van der Waals surface area contributed by atoms with Gasteiger partial charge in [-0.15, -0.1) is 0 Å². The minimum absolute atomic E-state index is 0.160. The molecule has 1 aromatic carbocycles. The van der Waals surface area contributed by atoms with Crippen molar-refractivity contribution in [2.45, 2.75) is 46.1 Å². The van der Waals surface area contributed by atoms with Crippen LogP contribution in [-0.4, -0.2) is 41.1 Å². The molecule has 5 nitrogen and oxygen atoms in total. The molecule has 0 aliphatic carbocycles. The van der Waals surface area contributed by atoms with Crippen molar-refractivity contribution in [1.29, 1.82) is 0 Å². The van der Waals surface area contributed by atoms with Gasteiger partial charge in [-0.1, -0.05) is 19.1 Å². The third-order valence-electron chi connectivity index (χ3n) is 4.31. The summed E-state index contributed by atoms with van der Waals surface area (Å²) < 4.78 is 5.75. The summed E-state index contributed by atoms with van der Waals surface area (Å²) in [7, 11) is 0. The van der Waals surface area contributed by atoms with Crippen molar-refractivity contribution in [3.05, 3.63) is 29.8 Å². The van der Waals surface area contributed by atoms with Crippen LogP contribution in [0.25, 0.3) is 0 Å². The summed E-state index contributed by atoms with van der Waals surface area (Å²) >= 11 is 0. The summed E-state index contributed by atoms with van der Waals surface area (Å²) in [6.45, 7) is 6.41. The van der Waals surface area contributed by atoms with Gasteiger partial charge in [0.25, 0.3) is 0 Å². The molecule has 0 spiro atoms. The van der Waals surface area contributed by atoms with Gasteiger partial charge in [0.15, 0.2) is 0 Å². The van der Waals surface area contributed by atoms with Crippen molar-refractivity contribution >= 4 is 11.9 Å². The first-order valence-corrected chi connectivity index (χ1v) is 8.11. The predicted molar refractivity (Wildman–Crippen MR) is 87.5 cm³/mol. The number of aliphatic carboxylic acids is 1. The maximum absolute atomic E-state index is 12.7. The summed E-state index contributed by atoms with van der Waals surface area (Å²) in [5.41, 5.74) is 0.468. The maximum Gasteiger partial charge on any atom is 0.326 e. The van der Waals surface area contributed by atoms with E-state index in [4.69, 9.17) is 4.74 Å². The Morgan fingerprint density at radius 3 is 2.52 bits per heavy atom. The molecule has 1 aliphatic rings. The zero-order chi connectivity index (χ0) is 17.0. The second-order valence-electron chi connectivity index (χ2n) is 6.66. The summed E-state index contributed by atoms with van der Waals surface area (Å²) in [5, 5.41) is 9.23. The first kappa shape index (κ1) is 17.3. The van der Waals surface area contributed by atoms with E-state index in [9.17, 15) is 14.7 Å². The van der Waals surface area contributed by atoms with Crippen molar-refractivity contribution in [2.24, 2.45) is 5.41 Å². The van der Waals surface area contributed by atoms with Crippen LogP contribution in [0.1, 0.15) is 39.2 Å². The van der Waals surface area contributed by atoms with Gasteiger partial charge in [-0.05, 0) is 50.8 Å². The Labute approximate surface area is 137 Å². The first-order valence-electron chi connectivity index (χ1n) is 8.11. The molecule has 1 aliphatic heterocycles. The number of aryl methyl sites for hydroxylation is 1. The number of carboxylic acids is 1. The Bertz CT molecular complexity index is 565. The lowest BCUT2D eigenvalue weighted by Gasteiger charge is -2.31. The molecule has 126 valence electrons. The topological polar surface area (TPSA) is 66.8 Å². The molecule has 0 saturated carbocycles. The van der Waals surface area contributed by atoms with E-state index in [0.29, 0.717) is 13.0 Å². The summed E-state index contributed by atoms with van der Waals surface area (Å²) in [6, 6.07) is 7.10. The Kier molecular flexibility index (Phi) is 5.29. The van der Waals surface area contributed by atoms with E-state index in [2.05, 4.69) is 6.92 Å². The fraction of sp³-hybridized carbons (Fsp3) is 0.556. The molecule has 0 radical (unpaired) electrons. The smallest absolute Gasteiger partial charge is 0.326 e. The number of rotatable bonds is 6. The number of ether oxygens (including phenoxy) is 1. The Hall–Kier alpha value is -2.04. The van der Waals surface area contributed by atoms with E-state index in [1.54, 1.807) is 13.8 Å². The van der Waals surface area contributed by atoms with E-state index < -0.39 is 17.4 Å². The number of nitrogens with zero attached hydrogens (tertiary/aromatic N) is 1. The van der Waals surface area contributed by atoms with Crippen LogP contribution in [0, 0.1) is 5.41 Å². The summed E-state index contributed by atoms with van der Waals surface area (Å²) in [5.74, 6) is -0.366. The molecule has 0 aromatic heterocycles. The van der Waals surface area contributed by atoms with Crippen LogP contribution in [0.5, 0.6) is 5.75 Å². The molecule has 5 heteroatoms.